The zero-order valence-corrected chi connectivity index (χ0v) is 13.8. The van der Waals surface area contributed by atoms with Crippen molar-refractivity contribution in [3.8, 4) is 0 Å². The molecule has 2 rings (SSSR count). The highest BCUT2D eigenvalue weighted by atomic mass is 16.5. The maximum absolute atomic E-state index is 12.3. The monoisotopic (exact) mass is 317 g/mol. The van der Waals surface area contributed by atoms with Gasteiger partial charge in [0.1, 0.15) is 6.61 Å². The molecular weight excluding hydrogens is 290 g/mol. The molecule has 0 radical (unpaired) electrons. The number of benzene rings is 1. The molecule has 4 nitrogen and oxygen atoms in total. The van der Waals surface area contributed by atoms with E-state index >= 15 is 0 Å². The molecule has 0 unspecified atom stereocenters. The minimum Gasteiger partial charge on any atom is -0.445 e. The molecule has 1 amide bonds. The normalized spacial score (nSPS) is 24.9. The fourth-order valence-corrected chi connectivity index (χ4v) is 3.74. The first-order chi connectivity index (χ1) is 11.1. The number of ether oxygens (including phenoxy) is 1. The lowest BCUT2D eigenvalue weighted by molar-refractivity contribution is 0.0961. The Morgan fingerprint density at radius 1 is 1.52 bits per heavy atom. The summed E-state index contributed by atoms with van der Waals surface area (Å²) < 4.78 is 5.38. The highest BCUT2D eigenvalue weighted by Gasteiger charge is 2.45. The molecule has 1 fully saturated rings. The Balaban J connectivity index is 2.00. The van der Waals surface area contributed by atoms with Gasteiger partial charge in [0.05, 0.1) is 0 Å². The third kappa shape index (κ3) is 4.35. The third-order valence-electron chi connectivity index (χ3n) is 4.90. The number of nitrogens with one attached hydrogen (secondary N) is 1. The van der Waals surface area contributed by atoms with E-state index < -0.39 is 6.09 Å². The summed E-state index contributed by atoms with van der Waals surface area (Å²) >= 11 is 0. The smallest absolute Gasteiger partial charge is 0.407 e. The molecule has 0 aromatic heterocycles. The van der Waals surface area contributed by atoms with Crippen molar-refractivity contribution in [2.45, 2.75) is 44.8 Å². The summed E-state index contributed by atoms with van der Waals surface area (Å²) in [6.45, 7) is 6.26. The van der Waals surface area contributed by atoms with E-state index in [2.05, 4.69) is 11.9 Å². The number of carbonyl (C=O) groups excluding carboxylic acids is 1. The van der Waals surface area contributed by atoms with Crippen LogP contribution in [0.25, 0.3) is 0 Å². The summed E-state index contributed by atoms with van der Waals surface area (Å²) in [5, 5.41) is 12.6. The molecule has 0 spiro atoms. The standard InChI is InChI=1S/C19H27NO3/c1-3-11-19(12-7-10-17(19)15(2)13-21)20-18(22)23-14-16-8-5-4-6-9-16/h3-6,8-9,15,17,21H,1,7,10-14H2,2H3,(H,20,22)/t15-,17+,19+/m0/s1. The molecule has 0 heterocycles. The summed E-state index contributed by atoms with van der Waals surface area (Å²) in [5.74, 6) is 0.390. The van der Waals surface area contributed by atoms with E-state index in [-0.39, 0.29) is 30.6 Å². The molecule has 1 aliphatic carbocycles. The van der Waals surface area contributed by atoms with Crippen molar-refractivity contribution in [3.63, 3.8) is 0 Å². The Hall–Kier alpha value is -1.81. The van der Waals surface area contributed by atoms with Gasteiger partial charge in [-0.2, -0.15) is 0 Å². The average molecular weight is 317 g/mol. The van der Waals surface area contributed by atoms with Crippen LogP contribution >= 0.6 is 0 Å². The highest BCUT2D eigenvalue weighted by Crippen LogP contribution is 2.42. The number of aliphatic hydroxyl groups excluding tert-OH is 1. The van der Waals surface area contributed by atoms with Crippen molar-refractivity contribution in [2.75, 3.05) is 6.61 Å². The van der Waals surface area contributed by atoms with Crippen LogP contribution in [-0.2, 0) is 11.3 Å². The second-order valence-electron chi connectivity index (χ2n) is 6.49. The number of amides is 1. The molecule has 126 valence electrons. The van der Waals surface area contributed by atoms with Crippen LogP contribution in [0.4, 0.5) is 4.79 Å². The summed E-state index contributed by atoms with van der Waals surface area (Å²) in [7, 11) is 0. The van der Waals surface area contributed by atoms with Crippen molar-refractivity contribution >= 4 is 6.09 Å². The predicted octanol–water partition coefficient (Wildman–Crippen LogP) is 3.66. The largest absolute Gasteiger partial charge is 0.445 e. The number of rotatable bonds is 7. The molecule has 3 atom stereocenters. The molecule has 1 aromatic carbocycles. The second-order valence-corrected chi connectivity index (χ2v) is 6.49. The number of alkyl carbamates (subject to hydrolysis) is 1. The molecule has 0 aliphatic heterocycles. The van der Waals surface area contributed by atoms with E-state index in [1.165, 1.54) is 0 Å². The van der Waals surface area contributed by atoms with Crippen molar-refractivity contribution in [1.82, 2.24) is 5.32 Å². The van der Waals surface area contributed by atoms with Gasteiger partial charge < -0.3 is 15.2 Å². The molecule has 1 saturated carbocycles. The molecular formula is C19H27NO3. The first-order valence-electron chi connectivity index (χ1n) is 8.32. The van der Waals surface area contributed by atoms with Gasteiger partial charge in [0.25, 0.3) is 0 Å². The Morgan fingerprint density at radius 3 is 2.91 bits per heavy atom. The topological polar surface area (TPSA) is 58.6 Å². The molecule has 23 heavy (non-hydrogen) atoms. The molecule has 1 aliphatic rings. The highest BCUT2D eigenvalue weighted by molar-refractivity contribution is 5.68. The van der Waals surface area contributed by atoms with Crippen molar-refractivity contribution in [3.05, 3.63) is 48.6 Å². The Morgan fingerprint density at radius 2 is 2.26 bits per heavy atom. The lowest BCUT2D eigenvalue weighted by atomic mass is 9.77. The third-order valence-corrected chi connectivity index (χ3v) is 4.90. The fourth-order valence-electron chi connectivity index (χ4n) is 3.74. The van der Waals surface area contributed by atoms with E-state index in [0.717, 1.165) is 24.8 Å². The Bertz CT molecular complexity index is 517. The van der Waals surface area contributed by atoms with Gasteiger partial charge in [-0.15, -0.1) is 6.58 Å². The average Bonchev–Trinajstić information content (AvgIpc) is 2.96. The van der Waals surface area contributed by atoms with Crippen molar-refractivity contribution in [2.24, 2.45) is 11.8 Å². The Labute approximate surface area is 138 Å². The minimum absolute atomic E-state index is 0.129. The van der Waals surface area contributed by atoms with Gasteiger partial charge in [-0.05, 0) is 36.7 Å². The van der Waals surface area contributed by atoms with Crippen molar-refractivity contribution in [1.29, 1.82) is 0 Å². The van der Waals surface area contributed by atoms with Crippen molar-refractivity contribution < 1.29 is 14.6 Å². The lowest BCUT2D eigenvalue weighted by Crippen LogP contribution is -2.53. The van der Waals surface area contributed by atoms with Gasteiger partial charge in [0.15, 0.2) is 0 Å². The van der Waals surface area contributed by atoms with E-state index in [9.17, 15) is 9.90 Å². The van der Waals surface area contributed by atoms with Gasteiger partial charge >= 0.3 is 6.09 Å². The number of hydrogen-bond acceptors (Lipinski definition) is 3. The SMILES string of the molecule is C=CC[C@@]1(NC(=O)OCc2ccccc2)CCC[C@@H]1[C@@H](C)CO. The quantitative estimate of drug-likeness (QED) is 0.755. The number of carbonyl (C=O) groups is 1. The summed E-state index contributed by atoms with van der Waals surface area (Å²) in [6.07, 6.45) is 5.10. The lowest BCUT2D eigenvalue weighted by Gasteiger charge is -2.38. The zero-order valence-electron chi connectivity index (χ0n) is 13.8. The molecule has 2 N–H and O–H groups in total. The van der Waals surface area contributed by atoms with Crippen LogP contribution in [0.15, 0.2) is 43.0 Å². The fraction of sp³-hybridized carbons (Fsp3) is 0.526. The van der Waals surface area contributed by atoms with Gasteiger partial charge in [0, 0.05) is 12.1 Å². The van der Waals surface area contributed by atoms with E-state index in [1.807, 2.05) is 43.3 Å². The molecule has 1 aromatic rings. The van der Waals surface area contributed by atoms with Gasteiger partial charge in [-0.3, -0.25) is 0 Å². The van der Waals surface area contributed by atoms with E-state index in [4.69, 9.17) is 4.74 Å². The number of hydrogen-bond donors (Lipinski definition) is 2. The summed E-state index contributed by atoms with van der Waals surface area (Å²) in [6, 6.07) is 9.64. The van der Waals surface area contributed by atoms with Crippen LogP contribution < -0.4 is 5.32 Å². The van der Waals surface area contributed by atoms with E-state index in [0.29, 0.717) is 6.42 Å². The van der Waals surface area contributed by atoms with Crippen LogP contribution in [0.1, 0.15) is 38.2 Å². The first-order valence-corrected chi connectivity index (χ1v) is 8.32. The van der Waals surface area contributed by atoms with Gasteiger partial charge in [-0.1, -0.05) is 49.8 Å². The molecule has 0 bridgehead atoms. The van der Waals surface area contributed by atoms with Crippen LogP contribution in [0, 0.1) is 11.8 Å². The molecule has 4 heteroatoms. The van der Waals surface area contributed by atoms with E-state index in [1.54, 1.807) is 0 Å². The van der Waals surface area contributed by atoms with Crippen LogP contribution in [0.5, 0.6) is 0 Å². The maximum atomic E-state index is 12.3. The predicted molar refractivity (Wildman–Crippen MR) is 90.9 cm³/mol. The summed E-state index contributed by atoms with van der Waals surface area (Å²) in [5.41, 5.74) is 0.615. The minimum atomic E-state index is -0.396. The maximum Gasteiger partial charge on any atom is 0.407 e. The second kappa shape index (κ2) is 8.16. The Kier molecular flexibility index (Phi) is 6.22. The summed E-state index contributed by atoms with van der Waals surface area (Å²) in [4.78, 5) is 12.3. The number of aliphatic hydroxyl groups is 1. The van der Waals surface area contributed by atoms with Crippen LogP contribution in [0.2, 0.25) is 0 Å². The van der Waals surface area contributed by atoms with Gasteiger partial charge in [0.2, 0.25) is 0 Å². The molecule has 0 saturated heterocycles. The van der Waals surface area contributed by atoms with Crippen LogP contribution in [-0.4, -0.2) is 23.3 Å². The van der Waals surface area contributed by atoms with Gasteiger partial charge in [-0.25, -0.2) is 4.79 Å². The first kappa shape index (κ1) is 17.5. The zero-order chi connectivity index (χ0) is 16.7. The van der Waals surface area contributed by atoms with Crippen LogP contribution in [0.3, 0.4) is 0 Å².